The number of hydrogen-bond acceptors (Lipinski definition) is 9. The number of nitrogens with zero attached hydrogens (tertiary/aromatic N) is 3. The molecule has 12 heteroatoms. The van der Waals surface area contributed by atoms with Crippen LogP contribution >= 0.6 is 0 Å². The summed E-state index contributed by atoms with van der Waals surface area (Å²) in [4.78, 5) is 39.6. The maximum atomic E-state index is 13.8. The van der Waals surface area contributed by atoms with Crippen molar-refractivity contribution < 1.29 is 23.8 Å². The van der Waals surface area contributed by atoms with Gasteiger partial charge in [0.05, 0.1) is 39.1 Å². The van der Waals surface area contributed by atoms with Gasteiger partial charge in [-0.1, -0.05) is 26.0 Å². The zero-order valence-corrected chi connectivity index (χ0v) is 27.8. The molecule has 47 heavy (non-hydrogen) atoms. The maximum absolute atomic E-state index is 13.8. The van der Waals surface area contributed by atoms with Gasteiger partial charge in [-0.15, -0.1) is 10.2 Å². The van der Waals surface area contributed by atoms with Crippen molar-refractivity contribution >= 4 is 23.1 Å². The highest BCUT2D eigenvalue weighted by Crippen LogP contribution is 2.50. The minimum Gasteiger partial charge on any atom is -0.493 e. The van der Waals surface area contributed by atoms with E-state index in [4.69, 9.17) is 14.2 Å². The van der Waals surface area contributed by atoms with E-state index in [1.807, 2.05) is 40.9 Å². The molecule has 5 rings (SSSR count). The molecule has 2 heterocycles. The van der Waals surface area contributed by atoms with Gasteiger partial charge in [-0.2, -0.15) is 0 Å². The second kappa shape index (κ2) is 14.1. The fourth-order valence-electron chi connectivity index (χ4n) is 6.22. The van der Waals surface area contributed by atoms with Crippen LogP contribution in [0.4, 0.5) is 5.69 Å². The van der Waals surface area contributed by atoms with E-state index in [0.29, 0.717) is 59.1 Å². The number of carbonyl (C=O) groups excluding carboxylic acids is 2. The Morgan fingerprint density at radius 1 is 1.00 bits per heavy atom. The van der Waals surface area contributed by atoms with Crippen LogP contribution in [-0.2, 0) is 16.0 Å². The quantitative estimate of drug-likeness (QED) is 0.214. The summed E-state index contributed by atoms with van der Waals surface area (Å²) >= 11 is 0. The second-order valence-corrected chi connectivity index (χ2v) is 12.1. The van der Waals surface area contributed by atoms with Crippen molar-refractivity contribution in [3.05, 3.63) is 75.8 Å². The summed E-state index contributed by atoms with van der Waals surface area (Å²) in [6, 6.07) is 10.9. The Hall–Kier alpha value is -5.13. The van der Waals surface area contributed by atoms with E-state index in [1.54, 1.807) is 27.2 Å². The molecule has 2 aromatic carbocycles. The zero-order chi connectivity index (χ0) is 33.8. The number of rotatable bonds is 11. The Morgan fingerprint density at radius 3 is 2.45 bits per heavy atom. The molecule has 3 N–H and O–H groups in total. The summed E-state index contributed by atoms with van der Waals surface area (Å²) < 4.78 is 19.0. The third kappa shape index (κ3) is 6.86. The lowest BCUT2D eigenvalue weighted by atomic mass is 9.95. The normalized spacial score (nSPS) is 15.1. The monoisotopic (exact) mass is 642 g/mol. The molecule has 2 amide bonds. The van der Waals surface area contributed by atoms with Crippen molar-refractivity contribution in [1.29, 1.82) is 0 Å². The summed E-state index contributed by atoms with van der Waals surface area (Å²) in [5, 5.41) is 17.9. The predicted octanol–water partition coefficient (Wildman–Crippen LogP) is 4.61. The fourth-order valence-corrected chi connectivity index (χ4v) is 6.22. The van der Waals surface area contributed by atoms with Crippen LogP contribution in [-0.4, -0.2) is 53.8 Å². The zero-order valence-electron chi connectivity index (χ0n) is 27.8. The number of nitrogens with one attached hydrogen (secondary N) is 3. The first-order valence-corrected chi connectivity index (χ1v) is 15.7. The molecule has 248 valence electrons. The fraction of sp³-hybridized carbons (Fsp3) is 0.400. The first-order chi connectivity index (χ1) is 22.6. The van der Waals surface area contributed by atoms with Crippen LogP contribution in [0.3, 0.4) is 0 Å². The van der Waals surface area contributed by atoms with Gasteiger partial charge in [-0.05, 0) is 79.1 Å². The summed E-state index contributed by atoms with van der Waals surface area (Å²) in [7, 11) is 4.65. The van der Waals surface area contributed by atoms with Crippen LogP contribution in [0.1, 0.15) is 69.6 Å². The van der Waals surface area contributed by atoms with Crippen LogP contribution < -0.4 is 35.6 Å². The lowest BCUT2D eigenvalue weighted by Crippen LogP contribution is -2.41. The standard InChI is InChI=1S/C35H42N6O6/c1-19(2)16-27(34-40-39-30-10-8-9-15-41(30)34)38-35(44)20(3)36-26-14-12-23-24(18-28(26)43)25(37-21(4)42)13-11-22-17-29(45-5)32(46-6)33(47-7)31(22)23/h8-10,12,14-15,17-20,25,27H,11,13,16H2,1-7H3,(H,36,43)(H,37,42)(H,38,44). The average Bonchev–Trinajstić information content (AvgIpc) is 3.34. The molecule has 12 nitrogen and oxygen atoms in total. The summed E-state index contributed by atoms with van der Waals surface area (Å²) in [5.41, 5.74) is 3.60. The summed E-state index contributed by atoms with van der Waals surface area (Å²) in [6.07, 6.45) is 3.65. The molecule has 0 radical (unpaired) electrons. The number of methoxy groups -OCH3 is 3. The van der Waals surface area contributed by atoms with Gasteiger partial charge in [0.1, 0.15) is 6.04 Å². The van der Waals surface area contributed by atoms with E-state index < -0.39 is 18.1 Å². The van der Waals surface area contributed by atoms with Crippen molar-refractivity contribution in [3.63, 3.8) is 0 Å². The Kier molecular flexibility index (Phi) is 9.97. The van der Waals surface area contributed by atoms with Crippen LogP contribution in [0.5, 0.6) is 17.2 Å². The molecule has 0 saturated carbocycles. The average molecular weight is 643 g/mol. The highest BCUT2D eigenvalue weighted by atomic mass is 16.5. The number of hydrogen-bond donors (Lipinski definition) is 3. The number of ether oxygens (including phenoxy) is 3. The maximum Gasteiger partial charge on any atom is 0.242 e. The first-order valence-electron chi connectivity index (χ1n) is 15.7. The molecule has 3 unspecified atom stereocenters. The minimum absolute atomic E-state index is 0.215. The Bertz CT molecular complexity index is 1850. The highest BCUT2D eigenvalue weighted by Gasteiger charge is 2.30. The molecular formula is C35H42N6O6. The second-order valence-electron chi connectivity index (χ2n) is 12.1. The molecule has 1 aliphatic rings. The molecule has 0 bridgehead atoms. The number of pyridine rings is 1. The minimum atomic E-state index is -0.768. The van der Waals surface area contributed by atoms with Crippen molar-refractivity contribution in [2.24, 2.45) is 5.92 Å². The van der Waals surface area contributed by atoms with Crippen LogP contribution in [0, 0.1) is 5.92 Å². The third-order valence-corrected chi connectivity index (χ3v) is 8.36. The molecule has 0 saturated heterocycles. The largest absolute Gasteiger partial charge is 0.493 e. The molecule has 1 aliphatic carbocycles. The SMILES string of the molecule is COc1cc2c(c(OC)c1OC)-c1ccc(NC(C)C(=O)NC(CC(C)C)c3nnc4ccccn34)c(=O)cc1C(NC(C)=O)CC2. The van der Waals surface area contributed by atoms with E-state index >= 15 is 0 Å². The summed E-state index contributed by atoms with van der Waals surface area (Å²) in [6.45, 7) is 7.31. The lowest BCUT2D eigenvalue weighted by molar-refractivity contribution is -0.122. The highest BCUT2D eigenvalue weighted by molar-refractivity contribution is 5.86. The van der Waals surface area contributed by atoms with E-state index in [0.717, 1.165) is 11.1 Å². The molecule has 2 aromatic heterocycles. The molecule has 0 aliphatic heterocycles. The topological polar surface area (TPSA) is 145 Å². The Labute approximate surface area is 273 Å². The van der Waals surface area contributed by atoms with Crippen molar-refractivity contribution in [3.8, 4) is 28.4 Å². The summed E-state index contributed by atoms with van der Waals surface area (Å²) in [5.74, 6) is 1.80. The van der Waals surface area contributed by atoms with Crippen molar-refractivity contribution in [2.75, 3.05) is 26.6 Å². The Morgan fingerprint density at radius 2 is 1.77 bits per heavy atom. The third-order valence-electron chi connectivity index (χ3n) is 8.36. The molecule has 4 aromatic rings. The lowest BCUT2D eigenvalue weighted by Gasteiger charge is -2.22. The van der Waals surface area contributed by atoms with Gasteiger partial charge in [0.2, 0.25) is 23.0 Å². The number of fused-ring (bicyclic) bond motifs is 4. The van der Waals surface area contributed by atoms with Gasteiger partial charge < -0.3 is 30.2 Å². The number of aromatic nitrogens is 3. The van der Waals surface area contributed by atoms with Crippen molar-refractivity contribution in [1.82, 2.24) is 25.2 Å². The molecule has 3 atom stereocenters. The van der Waals surface area contributed by atoms with Gasteiger partial charge in [0.25, 0.3) is 0 Å². The van der Waals surface area contributed by atoms with Crippen LogP contribution in [0.15, 0.2) is 53.5 Å². The van der Waals surface area contributed by atoms with E-state index in [-0.39, 0.29) is 28.8 Å². The van der Waals surface area contributed by atoms with Crippen LogP contribution in [0.25, 0.3) is 16.8 Å². The van der Waals surface area contributed by atoms with E-state index in [9.17, 15) is 14.4 Å². The Balaban J connectivity index is 1.52. The number of anilines is 1. The first kappa shape index (κ1) is 33.2. The van der Waals surface area contributed by atoms with Gasteiger partial charge in [0.15, 0.2) is 23.0 Å². The van der Waals surface area contributed by atoms with Gasteiger partial charge in [-0.25, -0.2) is 0 Å². The van der Waals surface area contributed by atoms with Gasteiger partial charge in [-0.3, -0.25) is 18.8 Å². The number of carbonyl (C=O) groups is 2. The van der Waals surface area contributed by atoms with Crippen LogP contribution in [0.2, 0.25) is 0 Å². The van der Waals surface area contributed by atoms with E-state index in [2.05, 4.69) is 40.0 Å². The molecule has 0 spiro atoms. The number of amides is 2. The van der Waals surface area contributed by atoms with Gasteiger partial charge in [0, 0.05) is 18.7 Å². The number of aryl methyl sites for hydroxylation is 1. The van der Waals surface area contributed by atoms with E-state index in [1.165, 1.54) is 20.1 Å². The predicted molar refractivity (Wildman–Crippen MR) is 179 cm³/mol. The number of benzene rings is 1. The molecule has 0 fully saturated rings. The van der Waals surface area contributed by atoms with Gasteiger partial charge >= 0.3 is 0 Å². The smallest absolute Gasteiger partial charge is 0.242 e. The van der Waals surface area contributed by atoms with Crippen molar-refractivity contribution in [2.45, 2.75) is 65.1 Å². The molecular weight excluding hydrogens is 600 g/mol.